The smallest absolute Gasteiger partial charge is 0.265 e. The molecule has 8 heteroatoms. The molecule has 30 heavy (non-hydrogen) atoms. The summed E-state index contributed by atoms with van der Waals surface area (Å²) in [6.45, 7) is 2.98. The zero-order valence-corrected chi connectivity index (χ0v) is 19.3. The van der Waals surface area contributed by atoms with Crippen molar-refractivity contribution in [1.29, 1.82) is 0 Å². The molecule has 1 aromatic carbocycles. The van der Waals surface area contributed by atoms with Crippen LogP contribution in [0.1, 0.15) is 48.2 Å². The number of benzene rings is 1. The molecular formula is C22H27Cl2N3O2S. The molecular weight excluding hydrogens is 441 g/mol. The summed E-state index contributed by atoms with van der Waals surface area (Å²) in [4.78, 5) is 30.0. The maximum atomic E-state index is 13.0. The highest BCUT2D eigenvalue weighted by molar-refractivity contribution is 7.21. The minimum Gasteiger partial charge on any atom is -0.352 e. The van der Waals surface area contributed by atoms with Crippen molar-refractivity contribution in [3.8, 4) is 0 Å². The summed E-state index contributed by atoms with van der Waals surface area (Å²) in [5.41, 5.74) is 0. The highest BCUT2D eigenvalue weighted by atomic mass is 35.5. The van der Waals surface area contributed by atoms with Crippen LogP contribution in [0.15, 0.2) is 18.2 Å². The van der Waals surface area contributed by atoms with E-state index < -0.39 is 0 Å². The highest BCUT2D eigenvalue weighted by Gasteiger charge is 2.27. The summed E-state index contributed by atoms with van der Waals surface area (Å²) < 4.78 is 0.921. The number of halogens is 2. The second-order valence-corrected chi connectivity index (χ2v) is 10.1. The lowest BCUT2D eigenvalue weighted by molar-refractivity contribution is -0.123. The second-order valence-electron chi connectivity index (χ2n) is 8.21. The number of amides is 2. The van der Waals surface area contributed by atoms with Crippen molar-refractivity contribution in [3.63, 3.8) is 0 Å². The molecule has 2 aromatic rings. The lowest BCUT2D eigenvalue weighted by Crippen LogP contribution is -2.51. The van der Waals surface area contributed by atoms with Gasteiger partial charge in [-0.2, -0.15) is 0 Å². The quantitative estimate of drug-likeness (QED) is 0.656. The topological polar surface area (TPSA) is 52.7 Å². The second kappa shape index (κ2) is 9.86. The summed E-state index contributed by atoms with van der Waals surface area (Å²) in [6, 6.07) is 5.81. The molecule has 1 saturated heterocycles. The van der Waals surface area contributed by atoms with Crippen molar-refractivity contribution in [1.82, 2.24) is 15.1 Å². The van der Waals surface area contributed by atoms with Crippen molar-refractivity contribution in [3.05, 3.63) is 33.1 Å². The van der Waals surface area contributed by atoms with Gasteiger partial charge in [-0.05, 0) is 25.0 Å². The van der Waals surface area contributed by atoms with Crippen LogP contribution < -0.4 is 5.32 Å². The number of carbonyl (C=O) groups excluding carboxylic acids is 2. The van der Waals surface area contributed by atoms with Gasteiger partial charge in [0.1, 0.15) is 4.88 Å². The van der Waals surface area contributed by atoms with Gasteiger partial charge in [0.15, 0.2) is 0 Å². The van der Waals surface area contributed by atoms with E-state index in [0.29, 0.717) is 53.7 Å². The molecule has 162 valence electrons. The molecule has 0 spiro atoms. The lowest BCUT2D eigenvalue weighted by Gasteiger charge is -2.34. The van der Waals surface area contributed by atoms with E-state index >= 15 is 0 Å². The number of piperazine rings is 1. The van der Waals surface area contributed by atoms with Gasteiger partial charge in [-0.25, -0.2) is 0 Å². The number of nitrogens with one attached hydrogen (secondary N) is 1. The monoisotopic (exact) mass is 467 g/mol. The Bertz CT molecular complexity index is 916. The van der Waals surface area contributed by atoms with Crippen molar-refractivity contribution in [2.24, 2.45) is 0 Å². The molecule has 0 radical (unpaired) electrons. The normalized spacial score (nSPS) is 19.1. The van der Waals surface area contributed by atoms with Crippen LogP contribution in [-0.2, 0) is 4.79 Å². The lowest BCUT2D eigenvalue weighted by atomic mass is 10.1. The van der Waals surface area contributed by atoms with E-state index in [0.717, 1.165) is 22.9 Å². The molecule has 2 amide bonds. The Morgan fingerprint density at radius 3 is 2.43 bits per heavy atom. The van der Waals surface area contributed by atoms with E-state index in [1.165, 1.54) is 37.0 Å². The Kier molecular flexibility index (Phi) is 7.19. The minimum atomic E-state index is -0.0418. The molecule has 2 fully saturated rings. The average molecular weight is 468 g/mol. The van der Waals surface area contributed by atoms with Crippen molar-refractivity contribution >= 4 is 56.4 Å². The molecule has 2 aliphatic rings. The number of hydrogen-bond acceptors (Lipinski definition) is 4. The molecule has 5 nitrogen and oxygen atoms in total. The van der Waals surface area contributed by atoms with Gasteiger partial charge in [-0.15, -0.1) is 11.3 Å². The molecule has 0 bridgehead atoms. The van der Waals surface area contributed by atoms with E-state index in [4.69, 9.17) is 23.2 Å². The predicted octanol–water partition coefficient (Wildman–Crippen LogP) is 4.80. The highest BCUT2D eigenvalue weighted by Crippen LogP contribution is 2.37. The van der Waals surface area contributed by atoms with Crippen LogP contribution in [0.4, 0.5) is 0 Å². The Balaban J connectivity index is 1.30. The Morgan fingerprint density at radius 2 is 1.73 bits per heavy atom. The van der Waals surface area contributed by atoms with Crippen LogP contribution in [0.5, 0.6) is 0 Å². The molecule has 1 saturated carbocycles. The third-order valence-electron chi connectivity index (χ3n) is 6.03. The van der Waals surface area contributed by atoms with E-state index in [-0.39, 0.29) is 11.8 Å². The third kappa shape index (κ3) is 5.10. The van der Waals surface area contributed by atoms with Crippen LogP contribution in [-0.4, -0.2) is 60.4 Å². The van der Waals surface area contributed by atoms with Gasteiger partial charge < -0.3 is 10.2 Å². The zero-order chi connectivity index (χ0) is 21.1. The van der Waals surface area contributed by atoms with Gasteiger partial charge in [0.25, 0.3) is 5.91 Å². The number of carbonyl (C=O) groups is 2. The Labute approximate surface area is 191 Å². The van der Waals surface area contributed by atoms with Gasteiger partial charge in [0.05, 0.1) is 11.6 Å². The van der Waals surface area contributed by atoms with Gasteiger partial charge in [-0.3, -0.25) is 14.5 Å². The van der Waals surface area contributed by atoms with Gasteiger partial charge in [-0.1, -0.05) is 55.0 Å². The molecule has 0 unspecified atom stereocenters. The summed E-state index contributed by atoms with van der Waals surface area (Å²) in [6.07, 6.45) is 7.15. The van der Waals surface area contributed by atoms with Crippen LogP contribution in [0.2, 0.25) is 10.0 Å². The SMILES string of the molecule is O=C(CN1CCN(C(=O)c2sc3cc(Cl)ccc3c2Cl)CC1)NC1CCCCCC1. The zero-order valence-electron chi connectivity index (χ0n) is 17.0. The van der Waals surface area contributed by atoms with Gasteiger partial charge >= 0.3 is 0 Å². The molecule has 2 heterocycles. The van der Waals surface area contributed by atoms with E-state index in [1.54, 1.807) is 6.07 Å². The van der Waals surface area contributed by atoms with Crippen LogP contribution >= 0.6 is 34.5 Å². The van der Waals surface area contributed by atoms with E-state index in [2.05, 4.69) is 10.2 Å². The summed E-state index contributed by atoms with van der Waals surface area (Å²) in [7, 11) is 0. The Morgan fingerprint density at radius 1 is 1.03 bits per heavy atom. The first-order chi connectivity index (χ1) is 14.5. The maximum Gasteiger partial charge on any atom is 0.265 e. The largest absolute Gasteiger partial charge is 0.352 e. The fourth-order valence-electron chi connectivity index (χ4n) is 4.33. The number of rotatable bonds is 4. The molecule has 1 aromatic heterocycles. The molecule has 1 aliphatic carbocycles. The number of nitrogens with zero attached hydrogens (tertiary/aromatic N) is 2. The fraction of sp³-hybridized carbons (Fsp3) is 0.545. The third-order valence-corrected chi connectivity index (χ3v) is 7.91. The van der Waals surface area contributed by atoms with Crippen molar-refractivity contribution < 1.29 is 9.59 Å². The van der Waals surface area contributed by atoms with Gasteiger partial charge in [0.2, 0.25) is 5.91 Å². The summed E-state index contributed by atoms with van der Waals surface area (Å²) >= 11 is 13.9. The van der Waals surface area contributed by atoms with Crippen LogP contribution in [0.25, 0.3) is 10.1 Å². The van der Waals surface area contributed by atoms with Crippen LogP contribution in [0.3, 0.4) is 0 Å². The summed E-state index contributed by atoms with van der Waals surface area (Å²) in [5, 5.41) is 5.21. The fourth-order valence-corrected chi connectivity index (χ4v) is 6.09. The molecule has 4 rings (SSSR count). The first-order valence-electron chi connectivity index (χ1n) is 10.7. The van der Waals surface area contributed by atoms with Gasteiger partial charge in [0, 0.05) is 47.3 Å². The van der Waals surface area contributed by atoms with Crippen molar-refractivity contribution in [2.45, 2.75) is 44.6 Å². The Hall–Kier alpha value is -1.34. The van der Waals surface area contributed by atoms with E-state index in [1.807, 2.05) is 17.0 Å². The standard InChI is InChI=1S/C22H27Cl2N3O2S/c23-15-7-8-17-18(13-15)30-21(20(17)24)22(29)27-11-9-26(10-12-27)14-19(28)25-16-5-3-1-2-4-6-16/h7-8,13,16H,1-6,9-12,14H2,(H,25,28). The van der Waals surface area contributed by atoms with Crippen LogP contribution in [0, 0.1) is 0 Å². The minimum absolute atomic E-state index is 0.0418. The van der Waals surface area contributed by atoms with E-state index in [9.17, 15) is 9.59 Å². The summed E-state index contributed by atoms with van der Waals surface area (Å²) in [5.74, 6) is 0.0611. The molecule has 0 atom stereocenters. The van der Waals surface area contributed by atoms with Crippen molar-refractivity contribution in [2.75, 3.05) is 32.7 Å². The maximum absolute atomic E-state index is 13.0. The predicted molar refractivity (Wildman–Crippen MR) is 124 cm³/mol. The molecule has 1 N–H and O–H groups in total. The number of hydrogen-bond donors (Lipinski definition) is 1. The average Bonchev–Trinajstić information content (AvgIpc) is 2.89. The number of fused-ring (bicyclic) bond motifs is 1. The first-order valence-corrected chi connectivity index (χ1v) is 12.3. The first kappa shape index (κ1) is 21.9. The molecule has 1 aliphatic heterocycles. The number of thiophene rings is 1.